The fraction of sp³-hybridized carbons (Fsp3) is 0.500. The number of ether oxygens (including phenoxy) is 4. The third kappa shape index (κ3) is 16.3. The van der Waals surface area contributed by atoms with Crippen molar-refractivity contribution < 1.29 is 39.4 Å². The normalized spacial score (nSPS) is 11.1. The molecule has 0 radical (unpaired) electrons. The van der Waals surface area contributed by atoms with E-state index in [1.807, 2.05) is 34.1 Å². The number of anilines is 4. The van der Waals surface area contributed by atoms with E-state index in [9.17, 15) is 20.4 Å². The fourth-order valence-electron chi connectivity index (χ4n) is 7.05. The van der Waals surface area contributed by atoms with E-state index in [0.717, 1.165) is 37.6 Å². The van der Waals surface area contributed by atoms with E-state index in [2.05, 4.69) is 96.4 Å². The minimum Gasteiger partial charge on any atom is -0.395 e. The molecular weight excluding hydrogens is 761 g/mol. The molecule has 4 aromatic rings. The van der Waals surface area contributed by atoms with Gasteiger partial charge in [-0.05, 0) is 70.8 Å². The maximum atomic E-state index is 9.19. The lowest BCUT2D eigenvalue weighted by atomic mass is 9.93. The Labute approximate surface area is 359 Å². The van der Waals surface area contributed by atoms with Crippen molar-refractivity contribution in [3.05, 3.63) is 119 Å². The summed E-state index contributed by atoms with van der Waals surface area (Å²) in [5, 5.41) is 36.8. The molecule has 0 unspecified atom stereocenters. The van der Waals surface area contributed by atoms with Gasteiger partial charge in [0.25, 0.3) is 0 Å². The topological polar surface area (TPSA) is 131 Å². The molecule has 4 aromatic carbocycles. The molecule has 4 rings (SSSR count). The highest BCUT2D eigenvalue weighted by molar-refractivity contribution is 5.53. The summed E-state index contributed by atoms with van der Waals surface area (Å²) in [5.41, 5.74) is 9.33. The summed E-state index contributed by atoms with van der Waals surface area (Å²) in [6, 6.07) is 34.1. The van der Waals surface area contributed by atoms with Gasteiger partial charge in [0.1, 0.15) is 0 Å². The van der Waals surface area contributed by atoms with Gasteiger partial charge in [-0.1, -0.05) is 62.4 Å². The molecule has 0 saturated carbocycles. The molecule has 0 bridgehead atoms. The summed E-state index contributed by atoms with van der Waals surface area (Å²) < 4.78 is 21.1. The number of hydrogen-bond donors (Lipinski definition) is 4. The number of benzene rings is 4. The second-order valence-electron chi connectivity index (χ2n) is 14.6. The van der Waals surface area contributed by atoms with Crippen LogP contribution in [-0.2, 0) is 18.9 Å². The van der Waals surface area contributed by atoms with Crippen molar-refractivity contribution in [3.63, 3.8) is 0 Å². The molecule has 0 aliphatic rings. The molecule has 0 saturated heterocycles. The van der Waals surface area contributed by atoms with E-state index < -0.39 is 0 Å². The van der Waals surface area contributed by atoms with Gasteiger partial charge in [-0.15, -0.1) is 0 Å². The Bertz CT molecular complexity index is 1510. The highest BCUT2D eigenvalue weighted by Gasteiger charge is 2.14. The van der Waals surface area contributed by atoms with Gasteiger partial charge in [-0.3, -0.25) is 0 Å². The zero-order chi connectivity index (χ0) is 43.5. The van der Waals surface area contributed by atoms with E-state index in [1.165, 1.54) is 33.6 Å². The highest BCUT2D eigenvalue weighted by Crippen LogP contribution is 2.30. The van der Waals surface area contributed by atoms with Crippen LogP contribution in [0.2, 0.25) is 0 Å². The van der Waals surface area contributed by atoms with Crippen LogP contribution in [0.3, 0.4) is 0 Å². The lowest BCUT2D eigenvalue weighted by Crippen LogP contribution is -2.30. The second kappa shape index (κ2) is 29.1. The van der Waals surface area contributed by atoms with E-state index >= 15 is 0 Å². The first kappa shape index (κ1) is 50.1. The Morgan fingerprint density at radius 2 is 0.517 bits per heavy atom. The summed E-state index contributed by atoms with van der Waals surface area (Å²) >= 11 is 0. The molecule has 332 valence electrons. The summed E-state index contributed by atoms with van der Waals surface area (Å²) in [5.74, 6) is 0.535. The van der Waals surface area contributed by atoms with Crippen molar-refractivity contribution in [1.82, 2.24) is 0 Å². The lowest BCUT2D eigenvalue weighted by molar-refractivity contribution is 0.190. The van der Waals surface area contributed by atoms with Crippen molar-refractivity contribution in [2.24, 2.45) is 0 Å². The molecule has 0 aromatic heterocycles. The van der Waals surface area contributed by atoms with Crippen LogP contribution in [-0.4, -0.2) is 154 Å². The fourth-order valence-corrected chi connectivity index (χ4v) is 7.05. The van der Waals surface area contributed by atoms with Gasteiger partial charge >= 0.3 is 0 Å². The van der Waals surface area contributed by atoms with Crippen molar-refractivity contribution in [1.29, 1.82) is 0 Å². The molecular formula is C48H72N4O8. The molecule has 12 nitrogen and oxygen atoms in total. The summed E-state index contributed by atoms with van der Waals surface area (Å²) in [6.45, 7) is 12.8. The van der Waals surface area contributed by atoms with Gasteiger partial charge in [-0.2, -0.15) is 0 Å². The van der Waals surface area contributed by atoms with Gasteiger partial charge in [-0.25, -0.2) is 0 Å². The molecule has 0 aliphatic carbocycles. The third-order valence-corrected chi connectivity index (χ3v) is 10.8. The average Bonchev–Trinajstić information content (AvgIpc) is 3.29. The smallest absolute Gasteiger partial charge is 0.0637 e. The minimum atomic E-state index is 0.0497. The Hall–Kier alpha value is -4.24. The quantitative estimate of drug-likeness (QED) is 0.0581. The molecule has 0 amide bonds. The Kier molecular flexibility index (Phi) is 24.3. The third-order valence-electron chi connectivity index (χ3n) is 10.8. The van der Waals surface area contributed by atoms with Gasteiger partial charge in [0.15, 0.2) is 0 Å². The molecule has 0 aliphatic heterocycles. The SMILES string of the molecule is CC(c1ccc(N(CCO)CCO)cc1)c1ccc(N(CCO)CCO)cc1.COCCN(CCOC)c1ccc(C(C)c2ccc(N(CCOC)CCOC)cc2)cc1. The number of aliphatic hydroxyl groups excluding tert-OH is 4. The van der Waals surface area contributed by atoms with E-state index in [0.29, 0.717) is 58.5 Å². The van der Waals surface area contributed by atoms with E-state index in [1.54, 1.807) is 28.4 Å². The van der Waals surface area contributed by atoms with Crippen LogP contribution in [0.5, 0.6) is 0 Å². The lowest BCUT2D eigenvalue weighted by Gasteiger charge is -2.25. The van der Waals surface area contributed by atoms with Gasteiger partial charge in [0.2, 0.25) is 0 Å². The Balaban J connectivity index is 0.000000323. The number of aliphatic hydroxyl groups is 4. The summed E-state index contributed by atoms with van der Waals surface area (Å²) in [6.07, 6.45) is 0. The van der Waals surface area contributed by atoms with Crippen LogP contribution in [0.4, 0.5) is 22.7 Å². The van der Waals surface area contributed by atoms with E-state index in [-0.39, 0.29) is 32.3 Å². The predicted octanol–water partition coefficient (Wildman–Crippen LogP) is 5.46. The van der Waals surface area contributed by atoms with Crippen LogP contribution < -0.4 is 19.6 Å². The highest BCUT2D eigenvalue weighted by atomic mass is 16.5. The summed E-state index contributed by atoms with van der Waals surface area (Å²) in [7, 11) is 6.94. The first-order chi connectivity index (χ1) is 29.3. The average molecular weight is 833 g/mol. The Morgan fingerprint density at radius 1 is 0.333 bits per heavy atom. The molecule has 0 heterocycles. The van der Waals surface area contributed by atoms with Crippen LogP contribution in [0, 0.1) is 0 Å². The van der Waals surface area contributed by atoms with Crippen molar-refractivity contribution in [2.75, 3.05) is 153 Å². The zero-order valence-electron chi connectivity index (χ0n) is 36.9. The molecule has 4 N–H and O–H groups in total. The van der Waals surface area contributed by atoms with Crippen LogP contribution in [0.1, 0.15) is 47.9 Å². The number of hydrogen-bond acceptors (Lipinski definition) is 12. The maximum Gasteiger partial charge on any atom is 0.0637 e. The van der Waals surface area contributed by atoms with Gasteiger partial charge < -0.3 is 59.0 Å². The van der Waals surface area contributed by atoms with Gasteiger partial charge in [0.05, 0.1) is 52.9 Å². The molecule has 0 spiro atoms. The molecule has 0 fully saturated rings. The molecule has 0 atom stereocenters. The zero-order valence-corrected chi connectivity index (χ0v) is 36.9. The Morgan fingerprint density at radius 3 is 0.683 bits per heavy atom. The van der Waals surface area contributed by atoms with Crippen molar-refractivity contribution >= 4 is 22.7 Å². The van der Waals surface area contributed by atoms with Gasteiger partial charge in [0, 0.05) is 115 Å². The number of nitrogens with zero attached hydrogens (tertiary/aromatic N) is 4. The predicted molar refractivity (Wildman–Crippen MR) is 246 cm³/mol. The molecule has 60 heavy (non-hydrogen) atoms. The maximum absolute atomic E-state index is 9.19. The van der Waals surface area contributed by atoms with E-state index in [4.69, 9.17) is 18.9 Å². The number of rotatable bonds is 28. The number of methoxy groups -OCH3 is 4. The van der Waals surface area contributed by atoms with Crippen LogP contribution in [0.25, 0.3) is 0 Å². The van der Waals surface area contributed by atoms with Crippen molar-refractivity contribution in [3.8, 4) is 0 Å². The minimum absolute atomic E-state index is 0.0497. The second-order valence-corrected chi connectivity index (χ2v) is 14.6. The standard InChI is InChI=1S/C26H40N2O4.C22H32N2O4/c1-22(23-6-10-25(11-7-23)27(14-18-29-2)15-19-30-3)24-8-12-26(13-9-24)28(16-20-31-4)17-21-32-5;1-18(19-2-6-21(7-3-19)23(10-14-25)11-15-26)20-4-8-22(9-5-20)24(12-16-27)13-17-28/h6-13,22H,14-21H2,1-5H3;2-9,18,25-28H,10-17H2,1H3. The molecule has 12 heteroatoms. The first-order valence-electron chi connectivity index (χ1n) is 21.1. The van der Waals surface area contributed by atoms with Crippen LogP contribution in [0.15, 0.2) is 97.1 Å². The monoisotopic (exact) mass is 833 g/mol. The summed E-state index contributed by atoms with van der Waals surface area (Å²) in [4.78, 5) is 8.51. The van der Waals surface area contributed by atoms with Crippen molar-refractivity contribution in [2.45, 2.75) is 25.7 Å². The largest absolute Gasteiger partial charge is 0.395 e. The van der Waals surface area contributed by atoms with Crippen LogP contribution >= 0.6 is 0 Å². The first-order valence-corrected chi connectivity index (χ1v) is 21.1.